The van der Waals surface area contributed by atoms with Gasteiger partial charge in [0, 0.05) is 6.42 Å². The molecule has 1 saturated carbocycles. The van der Waals surface area contributed by atoms with Gasteiger partial charge in [0.25, 0.3) is 0 Å². The number of hydrogen-bond acceptors (Lipinski definition) is 2. The second-order valence-corrected chi connectivity index (χ2v) is 7.24. The van der Waals surface area contributed by atoms with E-state index in [1.807, 2.05) is 6.92 Å². The monoisotopic (exact) mass is 362 g/mol. The van der Waals surface area contributed by atoms with Crippen molar-refractivity contribution >= 4 is 11.8 Å². The van der Waals surface area contributed by atoms with Crippen LogP contribution in [0.1, 0.15) is 82.9 Å². The first-order chi connectivity index (χ1) is 12.3. The molecule has 3 nitrogen and oxygen atoms in total. The van der Waals surface area contributed by atoms with Crippen LogP contribution >= 0.6 is 0 Å². The summed E-state index contributed by atoms with van der Waals surface area (Å²) in [7, 11) is 0. The highest BCUT2D eigenvalue weighted by Gasteiger charge is 2.24. The molecule has 0 aromatic heterocycles. The standard InChI is InChI=1S/C10H14.C9H16O2.C4H8O/c1-4-10-8(2)6-5-7-9(10)3;1-2-7-3-5-8(6-4-7)9(10)11;1-3-4(2)5/h5-7H,4H2,1-3H3;7-8H,2-6H2,1H3,(H,10,11);3H2,1-2H3. The van der Waals surface area contributed by atoms with Gasteiger partial charge in [-0.15, -0.1) is 0 Å². The Balaban J connectivity index is 0.000000387. The lowest BCUT2D eigenvalue weighted by Gasteiger charge is -2.24. The van der Waals surface area contributed by atoms with Gasteiger partial charge in [0.1, 0.15) is 5.78 Å². The van der Waals surface area contributed by atoms with E-state index in [1.165, 1.54) is 23.1 Å². The minimum Gasteiger partial charge on any atom is -0.481 e. The van der Waals surface area contributed by atoms with Crippen LogP contribution < -0.4 is 0 Å². The zero-order valence-corrected chi connectivity index (χ0v) is 17.6. The van der Waals surface area contributed by atoms with Crippen LogP contribution in [0, 0.1) is 25.7 Å². The number of rotatable bonds is 4. The zero-order valence-electron chi connectivity index (χ0n) is 17.6. The van der Waals surface area contributed by atoms with Crippen molar-refractivity contribution in [3.8, 4) is 0 Å². The molecule has 1 fully saturated rings. The SMILES string of the molecule is CCC(C)=O.CCC1CCC(C(=O)O)CC1.CCc1c(C)cccc1C. The lowest BCUT2D eigenvalue weighted by Crippen LogP contribution is -2.20. The number of Topliss-reactive ketones (excluding diaryl/α,β-unsaturated/α-hetero) is 1. The number of hydrogen-bond donors (Lipinski definition) is 1. The maximum atomic E-state index is 10.5. The average molecular weight is 363 g/mol. The fraction of sp³-hybridized carbons (Fsp3) is 0.652. The number of carbonyl (C=O) groups excluding carboxylic acids is 1. The summed E-state index contributed by atoms with van der Waals surface area (Å²) in [6.45, 7) is 12.2. The van der Waals surface area contributed by atoms with E-state index >= 15 is 0 Å². The summed E-state index contributed by atoms with van der Waals surface area (Å²) in [5.41, 5.74) is 4.34. The maximum absolute atomic E-state index is 10.5. The first kappa shape index (κ1) is 24.4. The van der Waals surface area contributed by atoms with Crippen LogP contribution in [0.5, 0.6) is 0 Å². The van der Waals surface area contributed by atoms with Gasteiger partial charge in [0.15, 0.2) is 0 Å². The molecule has 0 heterocycles. The van der Waals surface area contributed by atoms with Crippen molar-refractivity contribution in [2.45, 2.75) is 86.5 Å². The van der Waals surface area contributed by atoms with E-state index in [-0.39, 0.29) is 11.7 Å². The molecule has 0 amide bonds. The molecule has 0 bridgehead atoms. The van der Waals surface area contributed by atoms with Gasteiger partial charge >= 0.3 is 5.97 Å². The maximum Gasteiger partial charge on any atom is 0.306 e. The lowest BCUT2D eigenvalue weighted by molar-refractivity contribution is -0.143. The van der Waals surface area contributed by atoms with Gasteiger partial charge in [0.05, 0.1) is 5.92 Å². The van der Waals surface area contributed by atoms with Crippen molar-refractivity contribution in [2.24, 2.45) is 11.8 Å². The number of carboxylic acids is 1. The third kappa shape index (κ3) is 9.74. The average Bonchev–Trinajstić information content (AvgIpc) is 2.63. The van der Waals surface area contributed by atoms with Gasteiger partial charge in [-0.05, 0) is 75.5 Å². The van der Waals surface area contributed by atoms with Gasteiger partial charge in [0.2, 0.25) is 0 Å². The molecule has 1 aromatic rings. The summed E-state index contributed by atoms with van der Waals surface area (Å²) in [6.07, 6.45) is 7.06. The normalized spacial score (nSPS) is 18.7. The van der Waals surface area contributed by atoms with Crippen molar-refractivity contribution in [3.63, 3.8) is 0 Å². The van der Waals surface area contributed by atoms with E-state index in [0.29, 0.717) is 6.42 Å². The summed E-state index contributed by atoms with van der Waals surface area (Å²) in [6, 6.07) is 6.46. The van der Waals surface area contributed by atoms with Crippen LogP contribution in [-0.4, -0.2) is 16.9 Å². The minimum absolute atomic E-state index is 0.0437. The Hall–Kier alpha value is -1.64. The highest BCUT2D eigenvalue weighted by molar-refractivity contribution is 5.74. The summed E-state index contributed by atoms with van der Waals surface area (Å²) in [5, 5.41) is 8.70. The molecular weight excluding hydrogens is 324 g/mol. The van der Waals surface area contributed by atoms with Crippen molar-refractivity contribution in [3.05, 3.63) is 34.9 Å². The topological polar surface area (TPSA) is 54.4 Å². The minimum atomic E-state index is -0.598. The largest absolute Gasteiger partial charge is 0.481 e. The molecule has 3 heteroatoms. The molecule has 26 heavy (non-hydrogen) atoms. The quantitative estimate of drug-likeness (QED) is 0.700. The molecule has 1 aromatic carbocycles. The van der Waals surface area contributed by atoms with Gasteiger partial charge in [-0.1, -0.05) is 45.4 Å². The number of ketones is 1. The van der Waals surface area contributed by atoms with E-state index in [9.17, 15) is 9.59 Å². The van der Waals surface area contributed by atoms with E-state index in [0.717, 1.165) is 38.0 Å². The van der Waals surface area contributed by atoms with Crippen LogP contribution in [0.2, 0.25) is 0 Å². The van der Waals surface area contributed by atoms with Crippen molar-refractivity contribution < 1.29 is 14.7 Å². The van der Waals surface area contributed by atoms with E-state index < -0.39 is 5.97 Å². The van der Waals surface area contributed by atoms with Crippen LogP contribution in [0.3, 0.4) is 0 Å². The van der Waals surface area contributed by atoms with E-state index in [1.54, 1.807) is 6.92 Å². The van der Waals surface area contributed by atoms with Gasteiger partial charge in [-0.25, -0.2) is 0 Å². The molecule has 0 aliphatic heterocycles. The zero-order chi connectivity index (χ0) is 20.1. The number of aliphatic carboxylic acids is 1. The second kappa shape index (κ2) is 13.5. The van der Waals surface area contributed by atoms with Gasteiger partial charge in [-0.3, -0.25) is 4.79 Å². The second-order valence-electron chi connectivity index (χ2n) is 7.24. The first-order valence-corrected chi connectivity index (χ1v) is 10.0. The smallest absolute Gasteiger partial charge is 0.306 e. The van der Waals surface area contributed by atoms with Crippen LogP contribution in [-0.2, 0) is 16.0 Å². The van der Waals surface area contributed by atoms with Gasteiger partial charge < -0.3 is 9.90 Å². The fourth-order valence-corrected chi connectivity index (χ4v) is 3.22. The summed E-state index contributed by atoms with van der Waals surface area (Å²) in [5.74, 6) is 0.410. The van der Waals surface area contributed by atoms with Crippen LogP contribution in [0.4, 0.5) is 0 Å². The molecule has 0 unspecified atom stereocenters. The molecule has 2 rings (SSSR count). The van der Waals surface area contributed by atoms with E-state index in [4.69, 9.17) is 5.11 Å². The van der Waals surface area contributed by atoms with Crippen LogP contribution in [0.15, 0.2) is 18.2 Å². The highest BCUT2D eigenvalue weighted by atomic mass is 16.4. The molecule has 0 atom stereocenters. The number of aryl methyl sites for hydroxylation is 2. The van der Waals surface area contributed by atoms with E-state index in [2.05, 4.69) is 45.9 Å². The predicted octanol–water partition coefficient (Wildman–Crippen LogP) is 6.14. The number of benzene rings is 1. The molecule has 148 valence electrons. The summed E-state index contributed by atoms with van der Waals surface area (Å²) in [4.78, 5) is 20.4. The molecule has 1 aliphatic carbocycles. The molecular formula is C23H38O3. The Morgan fingerprint density at radius 2 is 1.46 bits per heavy atom. The van der Waals surface area contributed by atoms with Crippen molar-refractivity contribution in [2.75, 3.05) is 0 Å². The molecule has 0 spiro atoms. The summed E-state index contributed by atoms with van der Waals surface area (Å²) < 4.78 is 0. The number of carbonyl (C=O) groups is 2. The Morgan fingerprint density at radius 1 is 1.00 bits per heavy atom. The summed E-state index contributed by atoms with van der Waals surface area (Å²) >= 11 is 0. The highest BCUT2D eigenvalue weighted by Crippen LogP contribution is 2.30. The predicted molar refractivity (Wildman–Crippen MR) is 110 cm³/mol. The first-order valence-electron chi connectivity index (χ1n) is 10.0. The Morgan fingerprint density at radius 3 is 1.73 bits per heavy atom. The van der Waals surface area contributed by atoms with Crippen molar-refractivity contribution in [1.29, 1.82) is 0 Å². The lowest BCUT2D eigenvalue weighted by atomic mass is 9.81. The Kier molecular flexibility index (Phi) is 12.7. The molecule has 0 saturated heterocycles. The third-order valence-corrected chi connectivity index (χ3v) is 5.27. The molecule has 1 N–H and O–H groups in total. The van der Waals surface area contributed by atoms with Gasteiger partial charge in [-0.2, -0.15) is 0 Å². The molecule has 0 radical (unpaired) electrons. The van der Waals surface area contributed by atoms with Crippen LogP contribution in [0.25, 0.3) is 0 Å². The Labute approximate surface area is 160 Å². The van der Waals surface area contributed by atoms with Crippen molar-refractivity contribution in [1.82, 2.24) is 0 Å². The Bertz CT molecular complexity index is 520. The fourth-order valence-electron chi connectivity index (χ4n) is 3.22. The third-order valence-electron chi connectivity index (χ3n) is 5.27. The number of carboxylic acid groups (broad SMARTS) is 1. The molecule has 1 aliphatic rings.